The van der Waals surface area contributed by atoms with Crippen molar-refractivity contribution in [2.24, 2.45) is 0 Å². The summed E-state index contributed by atoms with van der Waals surface area (Å²) in [6.07, 6.45) is 2.03. The molecule has 3 nitrogen and oxygen atoms in total. The Balaban J connectivity index is 1.96. The van der Waals surface area contributed by atoms with Crippen LogP contribution in [0.5, 0.6) is 5.75 Å². The summed E-state index contributed by atoms with van der Waals surface area (Å²) >= 11 is 6.07. The van der Waals surface area contributed by atoms with Gasteiger partial charge in [0.15, 0.2) is 0 Å². The number of halogens is 1. The Morgan fingerprint density at radius 2 is 2.40 bits per heavy atom. The molecule has 15 heavy (non-hydrogen) atoms. The zero-order valence-electron chi connectivity index (χ0n) is 8.00. The van der Waals surface area contributed by atoms with E-state index in [-0.39, 0.29) is 6.10 Å². The lowest BCUT2D eigenvalue weighted by atomic mass is 10.2. The molecule has 2 aromatic rings. The predicted molar refractivity (Wildman–Crippen MR) is 58.5 cm³/mol. The van der Waals surface area contributed by atoms with Crippen LogP contribution >= 0.6 is 11.6 Å². The number of benzene rings is 1. The summed E-state index contributed by atoms with van der Waals surface area (Å²) in [7, 11) is 0. The summed E-state index contributed by atoms with van der Waals surface area (Å²) in [5, 5.41) is 1.64. The second-order valence-corrected chi connectivity index (χ2v) is 3.99. The highest BCUT2D eigenvalue weighted by molar-refractivity contribution is 6.36. The Kier molecular flexibility index (Phi) is 2.08. The summed E-state index contributed by atoms with van der Waals surface area (Å²) < 4.78 is 10.7. The molecule has 1 unspecified atom stereocenters. The number of fused-ring (bicyclic) bond motifs is 1. The van der Waals surface area contributed by atoms with Crippen molar-refractivity contribution < 1.29 is 9.47 Å². The molecule has 0 saturated carbocycles. The Hall–Kier alpha value is -1.19. The first-order valence-corrected chi connectivity index (χ1v) is 5.22. The summed E-state index contributed by atoms with van der Waals surface area (Å²) in [5.74, 6) is 0.814. The first-order chi connectivity index (χ1) is 7.34. The van der Waals surface area contributed by atoms with Gasteiger partial charge in [-0.1, -0.05) is 17.7 Å². The van der Waals surface area contributed by atoms with Gasteiger partial charge in [-0.2, -0.15) is 0 Å². The molecular formula is C11H10ClNO2. The van der Waals surface area contributed by atoms with Gasteiger partial charge in [0.05, 0.1) is 22.5 Å². The molecule has 1 aliphatic rings. The van der Waals surface area contributed by atoms with Gasteiger partial charge in [-0.05, 0) is 12.1 Å². The average molecular weight is 224 g/mol. The number of hydrogen-bond acceptors (Lipinski definition) is 2. The highest BCUT2D eigenvalue weighted by atomic mass is 35.5. The minimum Gasteiger partial charge on any atom is -0.490 e. The Bertz CT molecular complexity index is 490. The zero-order chi connectivity index (χ0) is 10.3. The number of nitrogens with one attached hydrogen (secondary N) is 1. The van der Waals surface area contributed by atoms with Crippen LogP contribution in [0.1, 0.15) is 0 Å². The molecule has 4 heteroatoms. The lowest BCUT2D eigenvalue weighted by Gasteiger charge is -2.05. The van der Waals surface area contributed by atoms with E-state index in [1.54, 1.807) is 6.20 Å². The van der Waals surface area contributed by atoms with Crippen molar-refractivity contribution in [2.45, 2.75) is 6.10 Å². The smallest absolute Gasteiger partial charge is 0.130 e. The van der Waals surface area contributed by atoms with E-state index in [0.717, 1.165) is 23.3 Å². The fourth-order valence-corrected chi connectivity index (χ4v) is 1.83. The molecule has 0 spiro atoms. The van der Waals surface area contributed by atoms with Crippen molar-refractivity contribution >= 4 is 22.5 Å². The Morgan fingerprint density at radius 1 is 1.53 bits per heavy atom. The molecule has 78 valence electrons. The van der Waals surface area contributed by atoms with Crippen molar-refractivity contribution in [3.05, 3.63) is 29.4 Å². The molecule has 1 aliphatic heterocycles. The number of hydrogen-bond donors (Lipinski definition) is 1. The van der Waals surface area contributed by atoms with Crippen LogP contribution in [0.15, 0.2) is 24.4 Å². The van der Waals surface area contributed by atoms with E-state index < -0.39 is 0 Å². The molecule has 1 N–H and O–H groups in total. The van der Waals surface area contributed by atoms with Crippen LogP contribution < -0.4 is 4.74 Å². The van der Waals surface area contributed by atoms with Crippen LogP contribution in [0, 0.1) is 0 Å². The van der Waals surface area contributed by atoms with E-state index in [4.69, 9.17) is 21.1 Å². The highest BCUT2D eigenvalue weighted by Gasteiger charge is 2.23. The molecule has 1 aromatic heterocycles. The van der Waals surface area contributed by atoms with Gasteiger partial charge in [-0.3, -0.25) is 0 Å². The first-order valence-electron chi connectivity index (χ1n) is 4.84. The maximum absolute atomic E-state index is 6.07. The molecule has 2 heterocycles. The maximum atomic E-state index is 6.07. The van der Waals surface area contributed by atoms with Gasteiger partial charge in [-0.25, -0.2) is 0 Å². The van der Waals surface area contributed by atoms with E-state index >= 15 is 0 Å². The zero-order valence-corrected chi connectivity index (χ0v) is 8.75. The molecule has 0 amide bonds. The van der Waals surface area contributed by atoms with Crippen molar-refractivity contribution in [1.29, 1.82) is 0 Å². The average Bonchev–Trinajstić information content (AvgIpc) is 3.00. The van der Waals surface area contributed by atoms with E-state index in [2.05, 4.69) is 4.98 Å². The largest absolute Gasteiger partial charge is 0.490 e. The molecule has 0 radical (unpaired) electrons. The van der Waals surface area contributed by atoms with Gasteiger partial charge in [0, 0.05) is 6.20 Å². The predicted octanol–water partition coefficient (Wildman–Crippen LogP) is 2.60. The minimum atomic E-state index is 0.262. The van der Waals surface area contributed by atoms with Gasteiger partial charge >= 0.3 is 0 Å². The van der Waals surface area contributed by atoms with Gasteiger partial charge < -0.3 is 14.5 Å². The fourth-order valence-electron chi connectivity index (χ4n) is 1.58. The molecule has 1 fully saturated rings. The lowest BCUT2D eigenvalue weighted by molar-refractivity contribution is 0.265. The number of aromatic nitrogens is 1. The van der Waals surface area contributed by atoms with Crippen molar-refractivity contribution in [3.63, 3.8) is 0 Å². The third-order valence-electron chi connectivity index (χ3n) is 2.45. The van der Waals surface area contributed by atoms with Crippen LogP contribution in [-0.4, -0.2) is 24.3 Å². The minimum absolute atomic E-state index is 0.262. The second-order valence-electron chi connectivity index (χ2n) is 3.58. The highest BCUT2D eigenvalue weighted by Crippen LogP contribution is 2.32. The Morgan fingerprint density at radius 3 is 3.20 bits per heavy atom. The number of H-pyrrole nitrogens is 1. The summed E-state index contributed by atoms with van der Waals surface area (Å²) in [5.41, 5.74) is 0.995. The molecule has 1 saturated heterocycles. The van der Waals surface area contributed by atoms with E-state index in [9.17, 15) is 0 Å². The van der Waals surface area contributed by atoms with Crippen LogP contribution in [0.3, 0.4) is 0 Å². The number of aromatic amines is 1. The van der Waals surface area contributed by atoms with E-state index in [1.165, 1.54) is 0 Å². The summed E-state index contributed by atoms with van der Waals surface area (Å²) in [6.45, 7) is 1.40. The monoisotopic (exact) mass is 223 g/mol. The topological polar surface area (TPSA) is 37.5 Å². The van der Waals surface area contributed by atoms with Gasteiger partial charge in [0.1, 0.15) is 18.5 Å². The van der Waals surface area contributed by atoms with Crippen molar-refractivity contribution in [1.82, 2.24) is 4.98 Å². The van der Waals surface area contributed by atoms with Crippen LogP contribution in [0.4, 0.5) is 0 Å². The van der Waals surface area contributed by atoms with Gasteiger partial charge in [-0.15, -0.1) is 0 Å². The fraction of sp³-hybridized carbons (Fsp3) is 0.273. The number of rotatable bonds is 3. The SMILES string of the molecule is Clc1c[nH]c2cccc(OCC3CO3)c12. The Labute approximate surface area is 91.9 Å². The summed E-state index contributed by atoms with van der Waals surface area (Å²) in [4.78, 5) is 3.09. The normalized spacial score (nSPS) is 19.4. The molecular weight excluding hydrogens is 214 g/mol. The first kappa shape index (κ1) is 9.07. The summed E-state index contributed by atoms with van der Waals surface area (Å²) in [6, 6.07) is 5.84. The third kappa shape index (κ3) is 1.68. The van der Waals surface area contributed by atoms with E-state index in [1.807, 2.05) is 18.2 Å². The molecule has 1 aromatic carbocycles. The lowest BCUT2D eigenvalue weighted by Crippen LogP contribution is -2.04. The molecule has 3 rings (SSSR count). The molecule has 0 aliphatic carbocycles. The third-order valence-corrected chi connectivity index (χ3v) is 2.74. The standard InChI is InChI=1S/C11H10ClNO2/c12-8-4-13-9-2-1-3-10(11(8)9)15-6-7-5-14-7/h1-4,7,13H,5-6H2. The van der Waals surface area contributed by atoms with Crippen LogP contribution in [-0.2, 0) is 4.74 Å². The van der Waals surface area contributed by atoms with Crippen molar-refractivity contribution in [3.8, 4) is 5.75 Å². The van der Waals surface area contributed by atoms with Crippen LogP contribution in [0.2, 0.25) is 5.02 Å². The van der Waals surface area contributed by atoms with Crippen molar-refractivity contribution in [2.75, 3.05) is 13.2 Å². The van der Waals surface area contributed by atoms with Crippen LogP contribution in [0.25, 0.3) is 10.9 Å². The molecule has 0 bridgehead atoms. The van der Waals surface area contributed by atoms with Gasteiger partial charge in [0.2, 0.25) is 0 Å². The number of epoxide rings is 1. The quantitative estimate of drug-likeness (QED) is 0.813. The second kappa shape index (κ2) is 3.43. The maximum Gasteiger partial charge on any atom is 0.130 e. The van der Waals surface area contributed by atoms with Gasteiger partial charge in [0.25, 0.3) is 0 Å². The molecule has 1 atom stereocenters. The van der Waals surface area contributed by atoms with E-state index in [0.29, 0.717) is 11.6 Å². The number of ether oxygens (including phenoxy) is 2.